The maximum Gasteiger partial charge on any atom is 0.225 e. The number of piperidine rings is 1. The number of hydrogen-bond acceptors (Lipinski definition) is 4. The minimum atomic E-state index is -0.261. The van der Waals surface area contributed by atoms with Gasteiger partial charge in [0.05, 0.1) is 19.1 Å². The Hall–Kier alpha value is -1.30. The lowest BCUT2D eigenvalue weighted by Gasteiger charge is -2.34. The van der Waals surface area contributed by atoms with Gasteiger partial charge in [-0.1, -0.05) is 5.16 Å². The zero-order valence-corrected chi connectivity index (χ0v) is 9.56. The molecule has 6 heteroatoms. The standard InChI is InChI=1S/C10H19N3O3/c1-16-7-5-9(14)13-6-3-2-4-8(13)10(11)12-15/h8,15H,2-7H2,1H3,(H2,11,12). The van der Waals surface area contributed by atoms with Gasteiger partial charge in [-0.05, 0) is 19.3 Å². The normalized spacial score (nSPS) is 22.2. The van der Waals surface area contributed by atoms with Gasteiger partial charge < -0.3 is 20.6 Å². The summed E-state index contributed by atoms with van der Waals surface area (Å²) >= 11 is 0. The number of carbonyl (C=O) groups excluding carboxylic acids is 1. The molecule has 0 aromatic heterocycles. The Labute approximate surface area is 95.0 Å². The Morgan fingerprint density at radius 1 is 1.62 bits per heavy atom. The van der Waals surface area contributed by atoms with Gasteiger partial charge >= 0.3 is 0 Å². The largest absolute Gasteiger partial charge is 0.409 e. The molecule has 0 radical (unpaired) electrons. The van der Waals surface area contributed by atoms with Gasteiger partial charge in [0.15, 0.2) is 5.84 Å². The average Bonchev–Trinajstić information content (AvgIpc) is 2.35. The minimum absolute atomic E-state index is 0.00171. The molecule has 16 heavy (non-hydrogen) atoms. The van der Waals surface area contributed by atoms with Crippen LogP contribution >= 0.6 is 0 Å². The van der Waals surface area contributed by atoms with Crippen molar-refractivity contribution in [1.82, 2.24) is 4.90 Å². The van der Waals surface area contributed by atoms with Crippen LogP contribution < -0.4 is 5.73 Å². The van der Waals surface area contributed by atoms with E-state index in [4.69, 9.17) is 15.7 Å². The third-order valence-corrected chi connectivity index (χ3v) is 2.80. The highest BCUT2D eigenvalue weighted by atomic mass is 16.5. The van der Waals surface area contributed by atoms with Crippen molar-refractivity contribution in [3.63, 3.8) is 0 Å². The van der Waals surface area contributed by atoms with Crippen molar-refractivity contribution in [1.29, 1.82) is 0 Å². The predicted octanol–water partition coefficient (Wildman–Crippen LogP) is 0.150. The van der Waals surface area contributed by atoms with Crippen LogP contribution in [-0.2, 0) is 9.53 Å². The number of hydrogen-bond donors (Lipinski definition) is 2. The molecule has 0 aliphatic carbocycles. The van der Waals surface area contributed by atoms with E-state index in [0.717, 1.165) is 19.3 Å². The van der Waals surface area contributed by atoms with Crippen molar-refractivity contribution in [2.75, 3.05) is 20.3 Å². The summed E-state index contributed by atoms with van der Waals surface area (Å²) in [5.41, 5.74) is 5.58. The van der Waals surface area contributed by atoms with Crippen LogP contribution in [0.3, 0.4) is 0 Å². The first kappa shape index (κ1) is 12.8. The molecule has 92 valence electrons. The first-order chi connectivity index (χ1) is 7.70. The number of oxime groups is 1. The van der Waals surface area contributed by atoms with E-state index in [0.29, 0.717) is 19.6 Å². The molecule has 6 nitrogen and oxygen atoms in total. The Balaban J connectivity index is 2.62. The van der Waals surface area contributed by atoms with Crippen molar-refractivity contribution in [2.24, 2.45) is 10.9 Å². The molecule has 1 atom stereocenters. The van der Waals surface area contributed by atoms with E-state index in [9.17, 15) is 4.79 Å². The van der Waals surface area contributed by atoms with Gasteiger partial charge in [-0.3, -0.25) is 4.79 Å². The molecule has 1 amide bonds. The highest BCUT2D eigenvalue weighted by molar-refractivity contribution is 5.90. The molecule has 0 aromatic rings. The van der Waals surface area contributed by atoms with Gasteiger partial charge in [-0.15, -0.1) is 0 Å². The fourth-order valence-corrected chi connectivity index (χ4v) is 1.94. The maximum atomic E-state index is 11.8. The highest BCUT2D eigenvalue weighted by Gasteiger charge is 2.29. The van der Waals surface area contributed by atoms with Crippen LogP contribution in [0.2, 0.25) is 0 Å². The van der Waals surface area contributed by atoms with E-state index in [1.54, 1.807) is 12.0 Å². The van der Waals surface area contributed by atoms with Crippen molar-refractivity contribution in [2.45, 2.75) is 31.7 Å². The van der Waals surface area contributed by atoms with E-state index in [2.05, 4.69) is 5.16 Å². The van der Waals surface area contributed by atoms with Gasteiger partial charge in [0.2, 0.25) is 5.91 Å². The summed E-state index contributed by atoms with van der Waals surface area (Å²) in [6.45, 7) is 1.07. The number of amides is 1. The molecule has 1 fully saturated rings. The Morgan fingerprint density at radius 3 is 3.00 bits per heavy atom. The molecule has 1 rings (SSSR count). The summed E-state index contributed by atoms with van der Waals surface area (Å²) in [7, 11) is 1.56. The first-order valence-electron chi connectivity index (χ1n) is 5.46. The van der Waals surface area contributed by atoms with E-state index < -0.39 is 0 Å². The maximum absolute atomic E-state index is 11.8. The molecule has 0 spiro atoms. The van der Waals surface area contributed by atoms with Gasteiger partial charge in [0.1, 0.15) is 0 Å². The van der Waals surface area contributed by atoms with Gasteiger partial charge in [0, 0.05) is 13.7 Å². The topological polar surface area (TPSA) is 88.2 Å². The van der Waals surface area contributed by atoms with E-state index in [1.165, 1.54) is 0 Å². The van der Waals surface area contributed by atoms with Crippen molar-refractivity contribution >= 4 is 11.7 Å². The number of likely N-dealkylation sites (tertiary alicyclic amines) is 1. The number of methoxy groups -OCH3 is 1. The smallest absolute Gasteiger partial charge is 0.225 e. The van der Waals surface area contributed by atoms with Gasteiger partial charge in [-0.25, -0.2) is 0 Å². The first-order valence-corrected chi connectivity index (χ1v) is 5.46. The highest BCUT2D eigenvalue weighted by Crippen LogP contribution is 2.18. The summed E-state index contributed by atoms with van der Waals surface area (Å²) in [5.74, 6) is 0.114. The number of rotatable bonds is 4. The molecular weight excluding hydrogens is 210 g/mol. The predicted molar refractivity (Wildman–Crippen MR) is 59.3 cm³/mol. The molecular formula is C10H19N3O3. The van der Waals surface area contributed by atoms with E-state index in [1.807, 2.05) is 0 Å². The summed E-state index contributed by atoms with van der Waals surface area (Å²) in [6.07, 6.45) is 3.06. The lowest BCUT2D eigenvalue weighted by atomic mass is 10.0. The van der Waals surface area contributed by atoms with Crippen molar-refractivity contribution in [3.05, 3.63) is 0 Å². The fraction of sp³-hybridized carbons (Fsp3) is 0.800. The van der Waals surface area contributed by atoms with Crippen LogP contribution in [-0.4, -0.2) is 48.2 Å². The zero-order valence-electron chi connectivity index (χ0n) is 9.56. The molecule has 1 unspecified atom stereocenters. The monoisotopic (exact) mass is 229 g/mol. The van der Waals surface area contributed by atoms with Gasteiger partial charge in [0.25, 0.3) is 0 Å². The number of amidine groups is 1. The average molecular weight is 229 g/mol. The van der Waals surface area contributed by atoms with E-state index >= 15 is 0 Å². The zero-order chi connectivity index (χ0) is 12.0. The summed E-state index contributed by atoms with van der Waals surface area (Å²) in [6, 6.07) is -0.261. The van der Waals surface area contributed by atoms with Crippen LogP contribution in [0.4, 0.5) is 0 Å². The summed E-state index contributed by atoms with van der Waals surface area (Å²) in [4.78, 5) is 13.5. The second kappa shape index (κ2) is 6.32. The van der Waals surface area contributed by atoms with Crippen LogP contribution in [0.5, 0.6) is 0 Å². The van der Waals surface area contributed by atoms with Crippen LogP contribution in [0.15, 0.2) is 5.16 Å². The number of carbonyl (C=O) groups is 1. The Bertz CT molecular complexity index is 268. The lowest BCUT2D eigenvalue weighted by Crippen LogP contribution is -2.50. The number of nitrogens with zero attached hydrogens (tertiary/aromatic N) is 2. The molecule has 1 saturated heterocycles. The van der Waals surface area contributed by atoms with Crippen LogP contribution in [0.1, 0.15) is 25.7 Å². The number of ether oxygens (including phenoxy) is 1. The number of nitrogens with two attached hydrogens (primary N) is 1. The molecule has 1 aliphatic rings. The summed E-state index contributed by atoms with van der Waals surface area (Å²) < 4.78 is 4.87. The molecule has 1 aliphatic heterocycles. The second-order valence-electron chi connectivity index (χ2n) is 3.87. The molecule has 0 saturated carbocycles. The van der Waals surface area contributed by atoms with Gasteiger partial charge in [-0.2, -0.15) is 0 Å². The van der Waals surface area contributed by atoms with Crippen molar-refractivity contribution in [3.8, 4) is 0 Å². The Kier molecular flexibility index (Phi) is 5.04. The molecule has 0 bridgehead atoms. The lowest BCUT2D eigenvalue weighted by molar-refractivity contribution is -0.134. The minimum Gasteiger partial charge on any atom is -0.409 e. The fourth-order valence-electron chi connectivity index (χ4n) is 1.94. The third-order valence-electron chi connectivity index (χ3n) is 2.80. The summed E-state index contributed by atoms with van der Waals surface area (Å²) in [5, 5.41) is 11.7. The third kappa shape index (κ3) is 3.10. The Morgan fingerprint density at radius 2 is 2.38 bits per heavy atom. The van der Waals surface area contributed by atoms with Crippen molar-refractivity contribution < 1.29 is 14.7 Å². The van der Waals surface area contributed by atoms with E-state index in [-0.39, 0.29) is 17.8 Å². The second-order valence-corrected chi connectivity index (χ2v) is 3.87. The molecule has 1 heterocycles. The SMILES string of the molecule is COCCC(=O)N1CCCCC1C(N)=NO. The quantitative estimate of drug-likeness (QED) is 0.311. The van der Waals surface area contributed by atoms with Crippen LogP contribution in [0.25, 0.3) is 0 Å². The van der Waals surface area contributed by atoms with Crippen LogP contribution in [0, 0.1) is 0 Å². The molecule has 3 N–H and O–H groups in total. The molecule has 0 aromatic carbocycles.